The molecule has 9 nitrogen and oxygen atoms in total. The van der Waals surface area contributed by atoms with E-state index in [1.165, 1.54) is 22.3 Å². The molecule has 11 heteroatoms. The van der Waals surface area contributed by atoms with E-state index in [-0.39, 0.29) is 11.7 Å². The van der Waals surface area contributed by atoms with Gasteiger partial charge in [-0.15, -0.1) is 10.2 Å². The Labute approximate surface area is 190 Å². The first kappa shape index (κ1) is 22.3. The maximum atomic E-state index is 12.3. The van der Waals surface area contributed by atoms with Crippen molar-refractivity contribution in [3.63, 3.8) is 0 Å². The fraction of sp³-hybridized carbons (Fsp3) is 0.286. The van der Waals surface area contributed by atoms with Crippen molar-refractivity contribution in [1.82, 2.24) is 14.5 Å². The highest BCUT2D eigenvalue weighted by Crippen LogP contribution is 2.24. The zero-order valence-corrected chi connectivity index (χ0v) is 19.1. The second-order valence-electron chi connectivity index (χ2n) is 7.27. The molecule has 0 atom stereocenters. The molecule has 1 amide bonds. The molecule has 0 radical (unpaired) electrons. The van der Waals surface area contributed by atoms with Gasteiger partial charge >= 0.3 is 0 Å². The fourth-order valence-corrected chi connectivity index (χ4v) is 4.71. The number of sulfonamides is 1. The number of hydrogen-bond donors (Lipinski definition) is 1. The summed E-state index contributed by atoms with van der Waals surface area (Å²) in [6.45, 7) is 2.20. The van der Waals surface area contributed by atoms with Gasteiger partial charge in [-0.05, 0) is 36.4 Å². The molecule has 2 aromatic carbocycles. The standard InChI is InChI=1S/C21H23N5O4S2/c1-32(28,29)26-13-11-25(12-14-26)18-9-7-17(8-10-18)22-19(27)15-31-21-24-23-20(30-21)16-5-3-2-4-6-16/h2-10H,11-15H2,1H3,(H,22,27). The highest BCUT2D eigenvalue weighted by molar-refractivity contribution is 7.99. The fourth-order valence-electron chi connectivity index (χ4n) is 3.32. The molecule has 0 aliphatic carbocycles. The molecule has 32 heavy (non-hydrogen) atoms. The molecule has 0 spiro atoms. The number of carbonyl (C=O) groups excluding carboxylic acids is 1. The van der Waals surface area contributed by atoms with Crippen LogP contribution in [0, 0.1) is 0 Å². The van der Waals surface area contributed by atoms with Crippen molar-refractivity contribution in [3.8, 4) is 11.5 Å². The van der Waals surface area contributed by atoms with Crippen LogP contribution in [-0.2, 0) is 14.8 Å². The van der Waals surface area contributed by atoms with E-state index in [2.05, 4.69) is 20.4 Å². The van der Waals surface area contributed by atoms with E-state index in [4.69, 9.17) is 4.42 Å². The normalized spacial score (nSPS) is 15.0. The first-order chi connectivity index (χ1) is 15.4. The van der Waals surface area contributed by atoms with Gasteiger partial charge in [0.05, 0.1) is 12.0 Å². The number of nitrogens with one attached hydrogen (secondary N) is 1. The average molecular weight is 474 g/mol. The first-order valence-corrected chi connectivity index (χ1v) is 12.8. The lowest BCUT2D eigenvalue weighted by Crippen LogP contribution is -2.48. The Hall–Kier alpha value is -2.89. The molecule has 0 saturated carbocycles. The SMILES string of the molecule is CS(=O)(=O)N1CCN(c2ccc(NC(=O)CSc3nnc(-c4ccccc4)o3)cc2)CC1. The molecule has 1 saturated heterocycles. The molecule has 168 valence electrons. The monoisotopic (exact) mass is 473 g/mol. The van der Waals surface area contributed by atoms with Crippen molar-refractivity contribution in [2.45, 2.75) is 5.22 Å². The van der Waals surface area contributed by atoms with Gasteiger partial charge in [-0.25, -0.2) is 8.42 Å². The van der Waals surface area contributed by atoms with Crippen LogP contribution in [0.2, 0.25) is 0 Å². The van der Waals surface area contributed by atoms with Crippen LogP contribution >= 0.6 is 11.8 Å². The number of rotatable bonds is 7. The summed E-state index contributed by atoms with van der Waals surface area (Å²) in [5.41, 5.74) is 2.50. The van der Waals surface area contributed by atoms with Crippen LogP contribution in [0.3, 0.4) is 0 Å². The maximum Gasteiger partial charge on any atom is 0.277 e. The van der Waals surface area contributed by atoms with Gasteiger partial charge in [0.1, 0.15) is 0 Å². The number of piperazine rings is 1. The van der Waals surface area contributed by atoms with E-state index in [1.807, 2.05) is 54.6 Å². The summed E-state index contributed by atoms with van der Waals surface area (Å²) >= 11 is 1.18. The Balaban J connectivity index is 1.26. The summed E-state index contributed by atoms with van der Waals surface area (Å²) in [5, 5.41) is 11.2. The summed E-state index contributed by atoms with van der Waals surface area (Å²) in [6.07, 6.45) is 1.24. The Kier molecular flexibility index (Phi) is 6.77. The van der Waals surface area contributed by atoms with Crippen LogP contribution in [0.5, 0.6) is 0 Å². The molecule has 0 unspecified atom stereocenters. The quantitative estimate of drug-likeness (QED) is 0.522. The van der Waals surface area contributed by atoms with Crippen LogP contribution in [0.15, 0.2) is 64.2 Å². The van der Waals surface area contributed by atoms with Crippen molar-refractivity contribution in [2.75, 3.05) is 48.4 Å². The van der Waals surface area contributed by atoms with Gasteiger partial charge in [0, 0.05) is 43.1 Å². The van der Waals surface area contributed by atoms with Gasteiger partial charge in [0.25, 0.3) is 5.22 Å². The molecule has 1 fully saturated rings. The third-order valence-electron chi connectivity index (χ3n) is 4.98. The molecule has 2 heterocycles. The molecule has 0 bridgehead atoms. The molecular formula is C21H23N5O4S2. The van der Waals surface area contributed by atoms with Crippen LogP contribution in [0.25, 0.3) is 11.5 Å². The topological polar surface area (TPSA) is 109 Å². The smallest absolute Gasteiger partial charge is 0.277 e. The van der Waals surface area contributed by atoms with Gasteiger partial charge < -0.3 is 14.6 Å². The van der Waals surface area contributed by atoms with Gasteiger partial charge in [-0.2, -0.15) is 4.31 Å². The largest absolute Gasteiger partial charge is 0.411 e. The zero-order valence-electron chi connectivity index (χ0n) is 17.5. The lowest BCUT2D eigenvalue weighted by atomic mass is 10.2. The number of anilines is 2. The predicted molar refractivity (Wildman–Crippen MR) is 124 cm³/mol. The van der Waals surface area contributed by atoms with Crippen molar-refractivity contribution in [2.24, 2.45) is 0 Å². The van der Waals surface area contributed by atoms with E-state index in [0.717, 1.165) is 11.3 Å². The van der Waals surface area contributed by atoms with Gasteiger partial charge in [0.15, 0.2) is 0 Å². The summed E-state index contributed by atoms with van der Waals surface area (Å²) in [7, 11) is -3.15. The number of amides is 1. The van der Waals surface area contributed by atoms with Gasteiger partial charge in [-0.3, -0.25) is 4.79 Å². The van der Waals surface area contributed by atoms with Crippen LogP contribution in [-0.4, -0.2) is 67.0 Å². The van der Waals surface area contributed by atoms with Crippen molar-refractivity contribution in [1.29, 1.82) is 0 Å². The van der Waals surface area contributed by atoms with E-state index in [1.54, 1.807) is 0 Å². The Morgan fingerprint density at radius 3 is 2.38 bits per heavy atom. The minimum atomic E-state index is -3.15. The van der Waals surface area contributed by atoms with E-state index >= 15 is 0 Å². The number of aromatic nitrogens is 2. The second-order valence-corrected chi connectivity index (χ2v) is 10.2. The number of nitrogens with zero attached hydrogens (tertiary/aromatic N) is 4. The molecule has 4 rings (SSSR count). The highest BCUT2D eigenvalue weighted by Gasteiger charge is 2.23. The van der Waals surface area contributed by atoms with Crippen LogP contribution < -0.4 is 10.2 Å². The lowest BCUT2D eigenvalue weighted by molar-refractivity contribution is -0.113. The maximum absolute atomic E-state index is 12.3. The van der Waals surface area contributed by atoms with Crippen molar-refractivity contribution < 1.29 is 17.6 Å². The third kappa shape index (κ3) is 5.67. The minimum Gasteiger partial charge on any atom is -0.411 e. The summed E-state index contributed by atoms with van der Waals surface area (Å²) in [6, 6.07) is 17.0. The second kappa shape index (κ2) is 9.72. The summed E-state index contributed by atoms with van der Waals surface area (Å²) in [5.74, 6) is 0.386. The first-order valence-electron chi connectivity index (χ1n) is 10.0. The molecule has 1 aliphatic rings. The number of benzene rings is 2. The molecule has 1 N–H and O–H groups in total. The highest BCUT2D eigenvalue weighted by atomic mass is 32.2. The Bertz CT molecular complexity index is 1160. The average Bonchev–Trinajstić information content (AvgIpc) is 3.28. The predicted octanol–water partition coefficient (Wildman–Crippen LogP) is 2.55. The van der Waals surface area contributed by atoms with E-state index in [0.29, 0.717) is 43.0 Å². The van der Waals surface area contributed by atoms with E-state index in [9.17, 15) is 13.2 Å². The summed E-state index contributed by atoms with van der Waals surface area (Å²) < 4.78 is 30.4. The molecule has 3 aromatic rings. The number of thioether (sulfide) groups is 1. The van der Waals surface area contributed by atoms with Crippen molar-refractivity contribution in [3.05, 3.63) is 54.6 Å². The lowest BCUT2D eigenvalue weighted by Gasteiger charge is -2.34. The van der Waals surface area contributed by atoms with Crippen LogP contribution in [0.1, 0.15) is 0 Å². The minimum absolute atomic E-state index is 0.144. The Morgan fingerprint density at radius 1 is 1.03 bits per heavy atom. The van der Waals surface area contributed by atoms with E-state index < -0.39 is 10.0 Å². The Morgan fingerprint density at radius 2 is 1.72 bits per heavy atom. The van der Waals surface area contributed by atoms with Gasteiger partial charge in [-0.1, -0.05) is 30.0 Å². The summed E-state index contributed by atoms with van der Waals surface area (Å²) in [4.78, 5) is 14.4. The van der Waals surface area contributed by atoms with Crippen LogP contribution in [0.4, 0.5) is 11.4 Å². The molecule has 1 aromatic heterocycles. The zero-order chi connectivity index (χ0) is 22.6. The number of carbonyl (C=O) groups is 1. The van der Waals surface area contributed by atoms with Crippen molar-refractivity contribution >= 4 is 39.1 Å². The third-order valence-corrected chi connectivity index (χ3v) is 7.10. The molecule has 1 aliphatic heterocycles. The van der Waals surface area contributed by atoms with Gasteiger partial charge in [0.2, 0.25) is 21.8 Å². The number of hydrogen-bond acceptors (Lipinski definition) is 8. The molecular weight excluding hydrogens is 450 g/mol.